The van der Waals surface area contributed by atoms with Crippen LogP contribution in [0.5, 0.6) is 5.75 Å². The Morgan fingerprint density at radius 2 is 2.12 bits per heavy atom. The van der Waals surface area contributed by atoms with Gasteiger partial charge in [-0.25, -0.2) is 4.39 Å². The summed E-state index contributed by atoms with van der Waals surface area (Å²) in [6.45, 7) is 7.47. The van der Waals surface area contributed by atoms with Gasteiger partial charge in [-0.3, -0.25) is 9.80 Å². The van der Waals surface area contributed by atoms with Crippen LogP contribution in [-0.2, 0) is 6.54 Å². The average molecular weight is 346 g/mol. The Labute approximate surface area is 146 Å². The lowest BCUT2D eigenvalue weighted by Crippen LogP contribution is -2.49. The third-order valence-corrected chi connectivity index (χ3v) is 5.92. The first kappa shape index (κ1) is 16.1. The highest BCUT2D eigenvalue weighted by atomic mass is 32.1. The van der Waals surface area contributed by atoms with Gasteiger partial charge in [-0.05, 0) is 31.2 Å². The van der Waals surface area contributed by atoms with Gasteiger partial charge in [0.25, 0.3) is 0 Å². The van der Waals surface area contributed by atoms with Gasteiger partial charge in [-0.15, -0.1) is 11.3 Å². The first-order valence-electron chi connectivity index (χ1n) is 8.59. The number of halogens is 1. The number of thiophene rings is 1. The number of piperazine rings is 1. The molecule has 0 unspecified atom stereocenters. The lowest BCUT2D eigenvalue weighted by molar-refractivity contribution is 0.0985. The van der Waals surface area contributed by atoms with Crippen molar-refractivity contribution in [3.63, 3.8) is 0 Å². The fraction of sp³-hybridized carbons (Fsp3) is 0.474. The fourth-order valence-corrected chi connectivity index (χ4v) is 4.75. The quantitative estimate of drug-likeness (QED) is 0.842. The number of ether oxygens (including phenoxy) is 1. The van der Waals surface area contributed by atoms with Crippen molar-refractivity contribution in [3.05, 3.63) is 52.0 Å². The summed E-state index contributed by atoms with van der Waals surface area (Å²) in [5, 5.41) is 0. The molecule has 2 aliphatic rings. The van der Waals surface area contributed by atoms with Gasteiger partial charge < -0.3 is 4.74 Å². The predicted molar refractivity (Wildman–Crippen MR) is 95.1 cm³/mol. The summed E-state index contributed by atoms with van der Waals surface area (Å²) in [5.41, 5.74) is 0. The van der Waals surface area contributed by atoms with Crippen molar-refractivity contribution in [1.29, 1.82) is 0 Å². The van der Waals surface area contributed by atoms with Crippen molar-refractivity contribution < 1.29 is 9.13 Å². The summed E-state index contributed by atoms with van der Waals surface area (Å²) >= 11 is 1.89. The summed E-state index contributed by atoms with van der Waals surface area (Å²) in [6, 6.07) is 11.5. The minimum Gasteiger partial charge on any atom is -0.489 e. The lowest BCUT2D eigenvalue weighted by Gasteiger charge is -2.36. The molecule has 4 rings (SSSR count). The molecular weight excluding hydrogens is 323 g/mol. The van der Waals surface area contributed by atoms with Crippen molar-refractivity contribution in [2.24, 2.45) is 0 Å². The number of hydrogen-bond acceptors (Lipinski definition) is 4. The van der Waals surface area contributed by atoms with Gasteiger partial charge in [-0.2, -0.15) is 0 Å². The first-order valence-corrected chi connectivity index (χ1v) is 9.41. The molecule has 128 valence electrons. The summed E-state index contributed by atoms with van der Waals surface area (Å²) in [5.74, 6) is 0.409. The average Bonchev–Trinajstić information content (AvgIpc) is 3.12. The molecule has 2 aromatic rings. The van der Waals surface area contributed by atoms with Crippen molar-refractivity contribution in [2.45, 2.75) is 32.0 Å². The van der Waals surface area contributed by atoms with Gasteiger partial charge in [-0.1, -0.05) is 6.07 Å². The zero-order valence-corrected chi connectivity index (χ0v) is 14.8. The summed E-state index contributed by atoms with van der Waals surface area (Å²) in [7, 11) is 0. The molecule has 24 heavy (non-hydrogen) atoms. The van der Waals surface area contributed by atoms with Crippen LogP contribution in [0.4, 0.5) is 4.39 Å². The second-order valence-electron chi connectivity index (χ2n) is 6.83. The summed E-state index contributed by atoms with van der Waals surface area (Å²) in [6.07, 6.45) is 1.19. The second kappa shape index (κ2) is 6.82. The molecule has 0 bridgehead atoms. The highest BCUT2D eigenvalue weighted by molar-refractivity contribution is 7.11. The Kier molecular flexibility index (Phi) is 4.57. The highest BCUT2D eigenvalue weighted by Crippen LogP contribution is 2.27. The maximum atomic E-state index is 13.3. The number of rotatable bonds is 4. The minimum atomic E-state index is -0.236. The maximum Gasteiger partial charge on any atom is 0.126 e. The second-order valence-corrected chi connectivity index (χ2v) is 8.20. The van der Waals surface area contributed by atoms with E-state index in [1.807, 2.05) is 17.4 Å². The van der Waals surface area contributed by atoms with Gasteiger partial charge in [0.15, 0.2) is 0 Å². The molecule has 0 aliphatic carbocycles. The van der Waals surface area contributed by atoms with Crippen LogP contribution in [0.15, 0.2) is 36.4 Å². The molecule has 0 spiro atoms. The Balaban J connectivity index is 1.33. The van der Waals surface area contributed by atoms with E-state index in [4.69, 9.17) is 4.74 Å². The molecule has 3 nitrogen and oxygen atoms in total. The zero-order chi connectivity index (χ0) is 16.5. The molecule has 1 aromatic carbocycles. The van der Waals surface area contributed by atoms with E-state index in [9.17, 15) is 4.39 Å². The van der Waals surface area contributed by atoms with E-state index in [1.54, 1.807) is 6.07 Å². The summed E-state index contributed by atoms with van der Waals surface area (Å²) < 4.78 is 19.3. The molecule has 0 radical (unpaired) electrons. The van der Waals surface area contributed by atoms with E-state index in [2.05, 4.69) is 28.9 Å². The highest BCUT2D eigenvalue weighted by Gasteiger charge is 2.37. The molecule has 2 aliphatic heterocycles. The van der Waals surface area contributed by atoms with Crippen LogP contribution in [0.1, 0.15) is 16.2 Å². The van der Waals surface area contributed by atoms with E-state index in [-0.39, 0.29) is 11.9 Å². The van der Waals surface area contributed by atoms with Crippen LogP contribution < -0.4 is 4.74 Å². The van der Waals surface area contributed by atoms with Crippen LogP contribution in [0.2, 0.25) is 0 Å². The van der Waals surface area contributed by atoms with E-state index >= 15 is 0 Å². The molecule has 2 atom stereocenters. The van der Waals surface area contributed by atoms with Crippen molar-refractivity contribution >= 4 is 11.3 Å². The Morgan fingerprint density at radius 1 is 1.21 bits per heavy atom. The van der Waals surface area contributed by atoms with Gasteiger partial charge in [0.2, 0.25) is 0 Å². The maximum absolute atomic E-state index is 13.3. The largest absolute Gasteiger partial charge is 0.489 e. The molecule has 0 amide bonds. The molecule has 3 heterocycles. The third kappa shape index (κ3) is 3.63. The number of fused-ring (bicyclic) bond motifs is 1. The SMILES string of the molecule is Cc1ccc(CN2CCN3C[C@@H](Oc4cccc(F)c4)C[C@H]3C2)s1. The van der Waals surface area contributed by atoms with Crippen molar-refractivity contribution in [1.82, 2.24) is 9.80 Å². The number of nitrogens with zero attached hydrogens (tertiary/aromatic N) is 2. The third-order valence-electron chi connectivity index (χ3n) is 4.94. The van der Waals surface area contributed by atoms with E-state index < -0.39 is 0 Å². The molecular formula is C19H23FN2OS. The molecule has 0 saturated carbocycles. The van der Waals surface area contributed by atoms with Crippen LogP contribution in [0, 0.1) is 12.7 Å². The summed E-state index contributed by atoms with van der Waals surface area (Å²) in [4.78, 5) is 7.91. The Morgan fingerprint density at radius 3 is 2.92 bits per heavy atom. The standard InChI is InChI=1S/C19H23FN2OS/c1-14-5-6-19(24-14)13-21-7-8-22-12-18(10-16(22)11-21)23-17-4-2-3-15(20)9-17/h2-6,9,16,18H,7-8,10-13H2,1H3/t16-,18-/m0/s1. The fourth-order valence-electron chi connectivity index (χ4n) is 3.81. The van der Waals surface area contributed by atoms with Crippen LogP contribution in [0.25, 0.3) is 0 Å². The Hall–Kier alpha value is -1.43. The van der Waals surface area contributed by atoms with Crippen LogP contribution >= 0.6 is 11.3 Å². The van der Waals surface area contributed by atoms with E-state index in [0.717, 1.165) is 39.1 Å². The van der Waals surface area contributed by atoms with E-state index in [0.29, 0.717) is 11.8 Å². The Bertz CT molecular complexity index is 704. The van der Waals surface area contributed by atoms with Gasteiger partial charge in [0.1, 0.15) is 17.7 Å². The van der Waals surface area contributed by atoms with Crippen molar-refractivity contribution in [3.8, 4) is 5.75 Å². The smallest absolute Gasteiger partial charge is 0.126 e. The zero-order valence-electron chi connectivity index (χ0n) is 14.0. The topological polar surface area (TPSA) is 15.7 Å². The minimum absolute atomic E-state index is 0.167. The van der Waals surface area contributed by atoms with Gasteiger partial charge in [0.05, 0.1) is 0 Å². The number of hydrogen-bond donors (Lipinski definition) is 0. The molecule has 5 heteroatoms. The predicted octanol–water partition coefficient (Wildman–Crippen LogP) is 3.53. The molecule has 0 N–H and O–H groups in total. The van der Waals surface area contributed by atoms with Crippen molar-refractivity contribution in [2.75, 3.05) is 26.2 Å². The van der Waals surface area contributed by atoms with E-state index in [1.165, 1.54) is 21.9 Å². The monoisotopic (exact) mass is 346 g/mol. The number of aryl methyl sites for hydroxylation is 1. The molecule has 2 saturated heterocycles. The number of benzene rings is 1. The van der Waals surface area contributed by atoms with Gasteiger partial charge >= 0.3 is 0 Å². The lowest BCUT2D eigenvalue weighted by atomic mass is 10.1. The molecule has 1 aromatic heterocycles. The normalized spacial score (nSPS) is 24.9. The van der Waals surface area contributed by atoms with Crippen LogP contribution in [-0.4, -0.2) is 48.1 Å². The first-order chi connectivity index (χ1) is 11.7. The van der Waals surface area contributed by atoms with Crippen LogP contribution in [0.3, 0.4) is 0 Å². The van der Waals surface area contributed by atoms with Gasteiger partial charge in [0, 0.05) is 61.0 Å². The molecule has 2 fully saturated rings.